The molecule has 148 valence electrons. The maximum Gasteiger partial charge on any atom is 0.357 e. The zero-order valence-corrected chi connectivity index (χ0v) is 15.9. The molecule has 2 rings (SSSR count). The Kier molecular flexibility index (Phi) is 7.00. The molecule has 3 atom stereocenters. The fourth-order valence-corrected chi connectivity index (χ4v) is 3.44. The first kappa shape index (κ1) is 21.4. The molecule has 0 saturated heterocycles. The summed E-state index contributed by atoms with van der Waals surface area (Å²) in [5.74, 6) is -6.33. The smallest absolute Gasteiger partial charge is 0.357 e. The van der Waals surface area contributed by atoms with Crippen molar-refractivity contribution < 1.29 is 30.5 Å². The maximum atomic E-state index is 14.4. The van der Waals surface area contributed by atoms with Gasteiger partial charge in [0.2, 0.25) is 0 Å². The van der Waals surface area contributed by atoms with Gasteiger partial charge >= 0.3 is 11.4 Å². The van der Waals surface area contributed by atoms with Crippen LogP contribution in [0.4, 0.5) is 17.6 Å². The van der Waals surface area contributed by atoms with Crippen molar-refractivity contribution in [1.29, 1.82) is 0 Å². The lowest BCUT2D eigenvalue weighted by Crippen LogP contribution is -2.12. The van der Waals surface area contributed by atoms with Crippen LogP contribution in [0.5, 0.6) is 5.75 Å². The minimum absolute atomic E-state index is 0.110. The molecule has 3 nitrogen and oxygen atoms in total. The van der Waals surface area contributed by atoms with Crippen molar-refractivity contribution in [2.24, 2.45) is 0 Å². The molecule has 0 spiro atoms. The van der Waals surface area contributed by atoms with E-state index in [-0.39, 0.29) is 11.7 Å². The molecule has 27 heavy (non-hydrogen) atoms. The van der Waals surface area contributed by atoms with E-state index >= 15 is 0 Å². The van der Waals surface area contributed by atoms with Gasteiger partial charge in [0, 0.05) is 11.1 Å². The molecule has 8 heteroatoms. The second-order valence-electron chi connectivity index (χ2n) is 6.41. The maximum absolute atomic E-state index is 14.4. The van der Waals surface area contributed by atoms with E-state index in [2.05, 4.69) is 4.18 Å². The van der Waals surface area contributed by atoms with Crippen LogP contribution in [0, 0.1) is 30.2 Å². The standard InChI is InChI=1S/C19H20F4O3S/c1-4-12(13-5-7-14(8-6-13)26-27(24)25)9-10(2)15-16(20)11(3)17(21)19(23)18(15)22/h5-8,10,12H,4,9H2,1-3H3,(H,24,25). The fraction of sp³-hybridized carbons (Fsp3) is 0.368. The Bertz CT molecular complexity index is 811. The molecule has 2 aromatic carbocycles. The fourth-order valence-electron chi connectivity index (χ4n) is 3.17. The summed E-state index contributed by atoms with van der Waals surface area (Å²) in [5.41, 5.74) is -0.164. The minimum atomic E-state index is -2.43. The van der Waals surface area contributed by atoms with E-state index in [0.29, 0.717) is 12.8 Å². The van der Waals surface area contributed by atoms with E-state index < -0.39 is 51.7 Å². The van der Waals surface area contributed by atoms with Crippen molar-refractivity contribution in [1.82, 2.24) is 0 Å². The third kappa shape index (κ3) is 4.68. The summed E-state index contributed by atoms with van der Waals surface area (Å²) in [6, 6.07) is 6.40. The minimum Gasteiger partial charge on any atom is -0.380 e. The Labute approximate surface area is 157 Å². The van der Waals surface area contributed by atoms with Gasteiger partial charge < -0.3 is 4.18 Å². The largest absolute Gasteiger partial charge is 0.380 e. The van der Waals surface area contributed by atoms with Crippen LogP contribution in [0.3, 0.4) is 0 Å². The Morgan fingerprint density at radius 1 is 1.04 bits per heavy atom. The highest BCUT2D eigenvalue weighted by molar-refractivity contribution is 7.74. The van der Waals surface area contributed by atoms with Gasteiger partial charge in [-0.2, -0.15) is 4.21 Å². The lowest BCUT2D eigenvalue weighted by Gasteiger charge is -2.22. The molecule has 0 fully saturated rings. The van der Waals surface area contributed by atoms with Crippen LogP contribution in [0.25, 0.3) is 0 Å². The third-order valence-electron chi connectivity index (χ3n) is 4.66. The van der Waals surface area contributed by atoms with Crippen molar-refractivity contribution in [2.75, 3.05) is 0 Å². The molecule has 2 aromatic rings. The SMILES string of the molecule is CCC(CC(C)c1c(F)c(C)c(F)c(F)c1F)c1ccc(OS(=O)O)cc1. The molecule has 0 aliphatic rings. The number of hydrogen-bond donors (Lipinski definition) is 1. The average molecular weight is 404 g/mol. The molecular weight excluding hydrogens is 384 g/mol. The van der Waals surface area contributed by atoms with E-state index in [9.17, 15) is 21.8 Å². The van der Waals surface area contributed by atoms with Crippen molar-refractivity contribution >= 4 is 11.4 Å². The average Bonchev–Trinajstić information content (AvgIpc) is 2.63. The molecule has 0 radical (unpaired) electrons. The third-order valence-corrected chi connectivity index (χ3v) is 4.99. The predicted molar refractivity (Wildman–Crippen MR) is 94.9 cm³/mol. The highest BCUT2D eigenvalue weighted by atomic mass is 32.2. The summed E-state index contributed by atoms with van der Waals surface area (Å²) < 4.78 is 79.8. The first-order chi connectivity index (χ1) is 12.7. The number of benzene rings is 2. The topological polar surface area (TPSA) is 46.5 Å². The second-order valence-corrected chi connectivity index (χ2v) is 7.01. The van der Waals surface area contributed by atoms with Gasteiger partial charge in [0.25, 0.3) is 0 Å². The highest BCUT2D eigenvalue weighted by Gasteiger charge is 2.27. The molecule has 0 aliphatic carbocycles. The van der Waals surface area contributed by atoms with Crippen molar-refractivity contribution in [3.8, 4) is 5.75 Å². The van der Waals surface area contributed by atoms with Crippen LogP contribution in [0.15, 0.2) is 24.3 Å². The van der Waals surface area contributed by atoms with E-state index in [1.165, 1.54) is 12.1 Å². The number of hydrogen-bond acceptors (Lipinski definition) is 2. The van der Waals surface area contributed by atoms with Gasteiger partial charge in [-0.15, -0.1) is 0 Å². The predicted octanol–water partition coefficient (Wildman–Crippen LogP) is 5.75. The van der Waals surface area contributed by atoms with E-state index in [1.807, 2.05) is 6.92 Å². The first-order valence-electron chi connectivity index (χ1n) is 8.38. The lowest BCUT2D eigenvalue weighted by molar-refractivity contribution is 0.405. The van der Waals surface area contributed by atoms with Gasteiger partial charge in [-0.1, -0.05) is 26.0 Å². The molecule has 1 N–H and O–H groups in total. The molecule has 0 saturated carbocycles. The molecular formula is C19H20F4O3S. The molecule has 0 amide bonds. The van der Waals surface area contributed by atoms with E-state index in [0.717, 1.165) is 12.5 Å². The second kappa shape index (κ2) is 8.84. The summed E-state index contributed by atoms with van der Waals surface area (Å²) in [6.07, 6.45) is 0.948. The zero-order chi connectivity index (χ0) is 20.3. The van der Waals surface area contributed by atoms with Crippen LogP contribution in [0.1, 0.15) is 55.2 Å². The summed E-state index contributed by atoms with van der Waals surface area (Å²) in [7, 11) is 0. The Morgan fingerprint density at radius 2 is 1.63 bits per heavy atom. The molecule has 0 heterocycles. The van der Waals surface area contributed by atoms with Crippen molar-refractivity contribution in [3.05, 3.63) is 64.2 Å². The zero-order valence-electron chi connectivity index (χ0n) is 15.1. The van der Waals surface area contributed by atoms with Gasteiger partial charge in [0.15, 0.2) is 17.5 Å². The lowest BCUT2D eigenvalue weighted by atomic mass is 9.83. The van der Waals surface area contributed by atoms with Gasteiger partial charge in [-0.05, 0) is 49.3 Å². The van der Waals surface area contributed by atoms with Gasteiger partial charge in [0.1, 0.15) is 11.6 Å². The summed E-state index contributed by atoms with van der Waals surface area (Å²) in [4.78, 5) is 0. The van der Waals surface area contributed by atoms with Crippen LogP contribution in [0.2, 0.25) is 0 Å². The molecule has 3 unspecified atom stereocenters. The molecule has 0 aromatic heterocycles. The summed E-state index contributed by atoms with van der Waals surface area (Å²) in [6.45, 7) is 4.53. The highest BCUT2D eigenvalue weighted by Crippen LogP contribution is 2.36. The summed E-state index contributed by atoms with van der Waals surface area (Å²) in [5, 5.41) is 0. The monoisotopic (exact) mass is 404 g/mol. The van der Waals surface area contributed by atoms with Crippen molar-refractivity contribution in [3.63, 3.8) is 0 Å². The number of rotatable bonds is 7. The van der Waals surface area contributed by atoms with Crippen LogP contribution in [-0.4, -0.2) is 8.76 Å². The van der Waals surface area contributed by atoms with Crippen LogP contribution in [-0.2, 0) is 11.4 Å². The Balaban J connectivity index is 2.28. The first-order valence-corrected chi connectivity index (χ1v) is 9.42. The number of halogens is 4. The van der Waals surface area contributed by atoms with Crippen LogP contribution >= 0.6 is 0 Å². The van der Waals surface area contributed by atoms with Crippen molar-refractivity contribution in [2.45, 2.75) is 45.4 Å². The summed E-state index contributed by atoms with van der Waals surface area (Å²) >= 11 is -2.43. The Hall–Kier alpha value is -1.93. The normalized spacial score (nSPS) is 14.7. The van der Waals surface area contributed by atoms with E-state index in [4.69, 9.17) is 4.55 Å². The Morgan fingerprint density at radius 3 is 2.15 bits per heavy atom. The van der Waals surface area contributed by atoms with Gasteiger partial charge in [-0.3, -0.25) is 4.55 Å². The van der Waals surface area contributed by atoms with Crippen LogP contribution < -0.4 is 4.18 Å². The quantitative estimate of drug-likeness (QED) is 0.276. The molecule has 0 aliphatic heterocycles. The van der Waals surface area contributed by atoms with Gasteiger partial charge in [0.05, 0.1) is 0 Å². The van der Waals surface area contributed by atoms with E-state index in [1.54, 1.807) is 19.1 Å². The molecule has 0 bridgehead atoms. The van der Waals surface area contributed by atoms with Gasteiger partial charge in [-0.25, -0.2) is 17.6 Å².